The van der Waals surface area contributed by atoms with Crippen LogP contribution in [0.4, 0.5) is 4.79 Å². The largest absolute Gasteiger partial charge is 0.469 e. The summed E-state index contributed by atoms with van der Waals surface area (Å²) in [4.78, 5) is 18.5. The van der Waals surface area contributed by atoms with Crippen molar-refractivity contribution < 1.29 is 13.9 Å². The summed E-state index contributed by atoms with van der Waals surface area (Å²) in [5.41, 5.74) is 0. The molecule has 2 heterocycles. The van der Waals surface area contributed by atoms with Crippen molar-refractivity contribution in [1.82, 2.24) is 15.5 Å². The Hall–Kier alpha value is -1.10. The van der Waals surface area contributed by atoms with Crippen molar-refractivity contribution in [2.75, 3.05) is 32.5 Å². The molecule has 0 aromatic carbocycles. The Bertz CT molecular complexity index is 651. The first-order valence-electron chi connectivity index (χ1n) is 10.7. The second kappa shape index (κ2) is 13.3. The van der Waals surface area contributed by atoms with Crippen LogP contribution in [0.5, 0.6) is 0 Å². The van der Waals surface area contributed by atoms with Crippen LogP contribution in [0.15, 0.2) is 27.8 Å². The molecule has 1 aliphatic heterocycles. The molecule has 1 saturated carbocycles. The Kier molecular flexibility index (Phi) is 11.2. The van der Waals surface area contributed by atoms with E-state index in [1.54, 1.807) is 11.2 Å². The maximum Gasteiger partial charge on any atom is 0.409 e. The fourth-order valence-electron chi connectivity index (χ4n) is 3.96. The first-order valence-corrected chi connectivity index (χ1v) is 12.0. The summed E-state index contributed by atoms with van der Waals surface area (Å²) in [5.74, 6) is 1.84. The van der Waals surface area contributed by atoms with Gasteiger partial charge in [0.1, 0.15) is 5.76 Å². The molecule has 30 heavy (non-hydrogen) atoms. The number of ether oxygens (including phenoxy) is 1. The number of hydrogen-bond acceptors (Lipinski definition) is 5. The van der Waals surface area contributed by atoms with Gasteiger partial charge in [-0.05, 0) is 57.4 Å². The van der Waals surface area contributed by atoms with Crippen molar-refractivity contribution in [1.29, 1.82) is 0 Å². The molecule has 0 spiro atoms. The standard InChI is InChI=1S/C21H34N4O3S.HI/c1-3-27-21(26)25-12-9-16(10-13-25)23-20(22-11-8-18-5-4-14-28-18)24-17-6-7-19(15-17)29-2;/h4-5,14,16-17,19H,3,6-13,15H2,1-2H3,(H2,22,23,24);1H. The fourth-order valence-corrected chi connectivity index (χ4v) is 4.76. The first-order chi connectivity index (χ1) is 14.2. The van der Waals surface area contributed by atoms with E-state index < -0.39 is 0 Å². The third-order valence-corrected chi connectivity index (χ3v) is 6.72. The molecule has 9 heteroatoms. The van der Waals surface area contributed by atoms with E-state index in [2.05, 4.69) is 16.9 Å². The lowest BCUT2D eigenvalue weighted by atomic mass is 10.1. The van der Waals surface area contributed by atoms with Crippen LogP contribution in [0, 0.1) is 0 Å². The van der Waals surface area contributed by atoms with Gasteiger partial charge in [-0.25, -0.2) is 4.79 Å². The Balaban J connectivity index is 0.00000320. The van der Waals surface area contributed by atoms with Gasteiger partial charge in [0.05, 0.1) is 12.9 Å². The van der Waals surface area contributed by atoms with Crippen molar-refractivity contribution in [2.24, 2.45) is 4.99 Å². The molecule has 2 aliphatic rings. The number of rotatable bonds is 7. The minimum absolute atomic E-state index is 0. The SMILES string of the molecule is CCOC(=O)N1CCC(NC(=NCCc2ccco2)NC2CCC(SC)C2)CC1.I. The number of piperidine rings is 1. The highest BCUT2D eigenvalue weighted by Crippen LogP contribution is 2.28. The normalized spacial score (nSPS) is 22.5. The lowest BCUT2D eigenvalue weighted by Gasteiger charge is -2.32. The van der Waals surface area contributed by atoms with Crippen molar-refractivity contribution in [3.8, 4) is 0 Å². The highest BCUT2D eigenvalue weighted by atomic mass is 127. The number of guanidine groups is 1. The van der Waals surface area contributed by atoms with Crippen LogP contribution in [0.3, 0.4) is 0 Å². The minimum atomic E-state index is -0.203. The van der Waals surface area contributed by atoms with E-state index in [1.165, 1.54) is 19.3 Å². The lowest BCUT2D eigenvalue weighted by molar-refractivity contribution is 0.0963. The van der Waals surface area contributed by atoms with Gasteiger partial charge >= 0.3 is 6.09 Å². The van der Waals surface area contributed by atoms with Crippen LogP contribution in [0.1, 0.15) is 44.8 Å². The molecule has 2 atom stereocenters. The zero-order chi connectivity index (χ0) is 20.5. The molecule has 3 rings (SSSR count). The smallest absolute Gasteiger partial charge is 0.409 e. The van der Waals surface area contributed by atoms with Crippen LogP contribution in [0.25, 0.3) is 0 Å². The van der Waals surface area contributed by atoms with Gasteiger partial charge in [-0.3, -0.25) is 4.99 Å². The van der Waals surface area contributed by atoms with Gasteiger partial charge in [-0.15, -0.1) is 24.0 Å². The van der Waals surface area contributed by atoms with Gasteiger partial charge in [0.2, 0.25) is 0 Å². The third kappa shape index (κ3) is 7.86. The number of halogens is 1. The molecule has 1 aromatic heterocycles. The molecule has 1 amide bonds. The van der Waals surface area contributed by atoms with Gasteiger partial charge in [0.15, 0.2) is 5.96 Å². The molecule has 2 unspecified atom stereocenters. The third-order valence-electron chi connectivity index (χ3n) is 5.63. The van der Waals surface area contributed by atoms with Gasteiger partial charge in [0.25, 0.3) is 0 Å². The van der Waals surface area contributed by atoms with Crippen molar-refractivity contribution >= 4 is 47.8 Å². The number of thioether (sulfide) groups is 1. The molecular weight excluding hydrogens is 515 g/mol. The van der Waals surface area contributed by atoms with Crippen molar-refractivity contribution in [3.05, 3.63) is 24.2 Å². The summed E-state index contributed by atoms with van der Waals surface area (Å²) in [6.07, 6.45) is 9.91. The number of nitrogens with zero attached hydrogens (tertiary/aromatic N) is 2. The zero-order valence-electron chi connectivity index (χ0n) is 18.0. The second-order valence-corrected chi connectivity index (χ2v) is 8.81. The summed E-state index contributed by atoms with van der Waals surface area (Å²) in [7, 11) is 0. The Morgan fingerprint density at radius 2 is 2.03 bits per heavy atom. The summed E-state index contributed by atoms with van der Waals surface area (Å²) in [6, 6.07) is 4.69. The number of amides is 1. The quantitative estimate of drug-likeness (QED) is 0.305. The summed E-state index contributed by atoms with van der Waals surface area (Å²) in [6.45, 7) is 4.38. The van der Waals surface area contributed by atoms with Gasteiger partial charge in [-0.1, -0.05) is 0 Å². The highest BCUT2D eigenvalue weighted by Gasteiger charge is 2.27. The molecular formula is C21H35IN4O3S. The summed E-state index contributed by atoms with van der Waals surface area (Å²) in [5, 5.41) is 8.00. The number of hydrogen-bond donors (Lipinski definition) is 2. The number of furan rings is 1. The van der Waals surface area contributed by atoms with Crippen LogP contribution < -0.4 is 10.6 Å². The number of carbonyl (C=O) groups is 1. The molecule has 1 aliphatic carbocycles. The maximum atomic E-state index is 11.9. The highest BCUT2D eigenvalue weighted by molar-refractivity contribution is 14.0. The van der Waals surface area contributed by atoms with E-state index in [4.69, 9.17) is 14.1 Å². The van der Waals surface area contributed by atoms with Gasteiger partial charge < -0.3 is 24.7 Å². The average Bonchev–Trinajstić information content (AvgIpc) is 3.40. The van der Waals surface area contributed by atoms with Crippen LogP contribution >= 0.6 is 35.7 Å². The van der Waals surface area contributed by atoms with Crippen LogP contribution in [-0.2, 0) is 11.2 Å². The molecule has 1 saturated heterocycles. The Labute approximate surface area is 201 Å². The molecule has 7 nitrogen and oxygen atoms in total. The van der Waals surface area contributed by atoms with Gasteiger partial charge in [-0.2, -0.15) is 11.8 Å². The number of carbonyl (C=O) groups excluding carboxylic acids is 1. The predicted molar refractivity (Wildman–Crippen MR) is 133 cm³/mol. The first kappa shape index (κ1) is 25.2. The molecule has 0 radical (unpaired) electrons. The number of likely N-dealkylation sites (tertiary alicyclic amines) is 1. The van der Waals surface area contributed by atoms with E-state index in [0.29, 0.717) is 38.3 Å². The minimum Gasteiger partial charge on any atom is -0.469 e. The maximum absolute atomic E-state index is 11.9. The van der Waals surface area contributed by atoms with E-state index in [9.17, 15) is 4.79 Å². The van der Waals surface area contributed by atoms with E-state index in [0.717, 1.165) is 36.2 Å². The number of aliphatic imine (C=N–C) groups is 1. The average molecular weight is 551 g/mol. The van der Waals surface area contributed by atoms with Gasteiger partial charge in [0, 0.05) is 43.4 Å². The predicted octanol–water partition coefficient (Wildman–Crippen LogP) is 3.88. The second-order valence-electron chi connectivity index (χ2n) is 7.68. The summed E-state index contributed by atoms with van der Waals surface area (Å²) >= 11 is 1.96. The van der Waals surface area contributed by atoms with Crippen molar-refractivity contribution in [2.45, 2.75) is 62.8 Å². The topological polar surface area (TPSA) is 79.1 Å². The van der Waals surface area contributed by atoms with E-state index in [1.807, 2.05) is 30.8 Å². The molecule has 1 aromatic rings. The van der Waals surface area contributed by atoms with E-state index >= 15 is 0 Å². The van der Waals surface area contributed by atoms with Crippen molar-refractivity contribution in [3.63, 3.8) is 0 Å². The zero-order valence-corrected chi connectivity index (χ0v) is 21.1. The monoisotopic (exact) mass is 550 g/mol. The molecule has 2 fully saturated rings. The fraction of sp³-hybridized carbons (Fsp3) is 0.714. The Morgan fingerprint density at radius 1 is 1.27 bits per heavy atom. The number of nitrogens with one attached hydrogen (secondary N) is 2. The lowest BCUT2D eigenvalue weighted by Crippen LogP contribution is -2.51. The molecule has 0 bridgehead atoms. The molecule has 170 valence electrons. The van der Waals surface area contributed by atoms with Crippen LogP contribution in [-0.4, -0.2) is 66.8 Å². The Morgan fingerprint density at radius 3 is 2.67 bits per heavy atom. The molecule has 2 N–H and O–H groups in total. The van der Waals surface area contributed by atoms with Crippen LogP contribution in [0.2, 0.25) is 0 Å². The van der Waals surface area contributed by atoms with E-state index in [-0.39, 0.29) is 30.1 Å². The summed E-state index contributed by atoms with van der Waals surface area (Å²) < 4.78 is 10.5.